The summed E-state index contributed by atoms with van der Waals surface area (Å²) in [5.74, 6) is -1.75. The highest BCUT2D eigenvalue weighted by atomic mass is 19.1. The quantitative estimate of drug-likeness (QED) is 0.602. The minimum absolute atomic E-state index is 0.299. The highest BCUT2D eigenvalue weighted by Crippen LogP contribution is 2.48. The number of imide groups is 1. The van der Waals surface area contributed by atoms with E-state index < -0.39 is 35.7 Å². The lowest BCUT2D eigenvalue weighted by atomic mass is 9.90. The van der Waals surface area contributed by atoms with E-state index >= 15 is 0 Å². The lowest BCUT2D eigenvalue weighted by Crippen LogP contribution is -2.37. The summed E-state index contributed by atoms with van der Waals surface area (Å²) in [4.78, 5) is 33.9. The van der Waals surface area contributed by atoms with Crippen molar-refractivity contribution >= 4 is 23.2 Å². The van der Waals surface area contributed by atoms with Gasteiger partial charge in [-0.2, -0.15) is 0 Å². The Hall–Kier alpha value is -3.71. The van der Waals surface area contributed by atoms with E-state index in [1.165, 1.54) is 18.2 Å². The molecule has 3 aromatic carbocycles. The maximum absolute atomic E-state index is 14.8. The van der Waals surface area contributed by atoms with Crippen LogP contribution in [-0.2, 0) is 14.4 Å². The third-order valence-electron chi connectivity index (χ3n) is 5.66. The number of nitrogens with zero attached hydrogens (tertiary/aromatic N) is 2. The second-order valence-electron chi connectivity index (χ2n) is 7.39. The molecule has 0 radical (unpaired) electrons. The number of carbonyl (C=O) groups is 2. The number of amides is 2. The van der Waals surface area contributed by atoms with Crippen LogP contribution in [-0.4, -0.2) is 25.0 Å². The number of hydrogen-bond donors (Lipinski definition) is 0. The molecule has 5 rings (SSSR count). The molecule has 0 bridgehead atoms. The standard InChI is InChI=1S/C24H19FN2O4/c1-30-17-11-7-10-16(14-17)26-23(28)20-21(18-12-5-6-13-19(18)25)27(31-22(20)24(26)29)15-8-3-2-4-9-15/h2-14,20-22H,1H3/t20-,21+,22+/m0/s1. The van der Waals surface area contributed by atoms with Gasteiger partial charge in [-0.15, -0.1) is 0 Å². The number of para-hydroxylation sites is 1. The molecule has 2 heterocycles. The summed E-state index contributed by atoms with van der Waals surface area (Å²) in [7, 11) is 1.51. The molecule has 2 aliphatic rings. The van der Waals surface area contributed by atoms with Crippen molar-refractivity contribution in [3.8, 4) is 5.75 Å². The number of hydroxylamine groups is 1. The van der Waals surface area contributed by atoms with Crippen molar-refractivity contribution in [3.63, 3.8) is 0 Å². The maximum Gasteiger partial charge on any atom is 0.266 e. The Morgan fingerprint density at radius 3 is 2.32 bits per heavy atom. The van der Waals surface area contributed by atoms with Gasteiger partial charge in [-0.1, -0.05) is 42.5 Å². The monoisotopic (exact) mass is 418 g/mol. The van der Waals surface area contributed by atoms with Crippen molar-refractivity contribution in [2.75, 3.05) is 17.1 Å². The van der Waals surface area contributed by atoms with Gasteiger partial charge in [0.25, 0.3) is 5.91 Å². The van der Waals surface area contributed by atoms with Gasteiger partial charge in [0.05, 0.1) is 24.5 Å². The van der Waals surface area contributed by atoms with Crippen LogP contribution in [0.15, 0.2) is 78.9 Å². The minimum atomic E-state index is -1.05. The fourth-order valence-electron chi connectivity index (χ4n) is 4.25. The zero-order valence-electron chi connectivity index (χ0n) is 16.6. The van der Waals surface area contributed by atoms with Gasteiger partial charge in [-0.25, -0.2) is 14.4 Å². The first kappa shape index (κ1) is 19.3. The Morgan fingerprint density at radius 2 is 1.58 bits per heavy atom. The molecule has 156 valence electrons. The fraction of sp³-hybridized carbons (Fsp3) is 0.167. The summed E-state index contributed by atoms with van der Waals surface area (Å²) in [6.45, 7) is 0. The van der Waals surface area contributed by atoms with E-state index in [2.05, 4.69) is 0 Å². The summed E-state index contributed by atoms with van der Waals surface area (Å²) >= 11 is 0. The second-order valence-corrected chi connectivity index (χ2v) is 7.39. The van der Waals surface area contributed by atoms with Crippen molar-refractivity contribution in [3.05, 3.63) is 90.2 Å². The largest absolute Gasteiger partial charge is 0.497 e. The molecule has 0 aliphatic carbocycles. The average molecular weight is 418 g/mol. The molecule has 2 saturated heterocycles. The van der Waals surface area contributed by atoms with Crippen LogP contribution in [0.2, 0.25) is 0 Å². The van der Waals surface area contributed by atoms with E-state index in [-0.39, 0.29) is 0 Å². The summed E-state index contributed by atoms with van der Waals surface area (Å²) in [6.07, 6.45) is -1.05. The molecule has 0 N–H and O–H groups in total. The maximum atomic E-state index is 14.8. The molecule has 31 heavy (non-hydrogen) atoms. The third-order valence-corrected chi connectivity index (χ3v) is 5.66. The Balaban J connectivity index is 1.60. The molecule has 0 aromatic heterocycles. The van der Waals surface area contributed by atoms with Crippen LogP contribution in [0.3, 0.4) is 0 Å². The van der Waals surface area contributed by atoms with E-state index in [0.717, 1.165) is 4.90 Å². The molecule has 2 fully saturated rings. The number of carbonyl (C=O) groups excluding carboxylic acids is 2. The topological polar surface area (TPSA) is 59.1 Å². The van der Waals surface area contributed by atoms with Gasteiger partial charge in [-0.05, 0) is 30.3 Å². The summed E-state index contributed by atoms with van der Waals surface area (Å²) in [5, 5.41) is 1.48. The zero-order chi connectivity index (χ0) is 21.5. The van der Waals surface area contributed by atoms with Gasteiger partial charge in [-0.3, -0.25) is 14.4 Å². The van der Waals surface area contributed by atoms with Crippen LogP contribution in [0.25, 0.3) is 0 Å². The van der Waals surface area contributed by atoms with Gasteiger partial charge in [0.1, 0.15) is 17.5 Å². The van der Waals surface area contributed by atoms with Crippen molar-refractivity contribution in [2.45, 2.75) is 12.1 Å². The third kappa shape index (κ3) is 3.05. The number of hydrogen-bond acceptors (Lipinski definition) is 5. The SMILES string of the molecule is COc1cccc(N2C(=O)[C@H]3[C@@H](c4ccccc4F)N(c4ccccc4)O[C@H]3C2=O)c1. The van der Waals surface area contributed by atoms with Crippen LogP contribution in [0.4, 0.5) is 15.8 Å². The Morgan fingerprint density at radius 1 is 0.871 bits per heavy atom. The van der Waals surface area contributed by atoms with Crippen LogP contribution in [0.5, 0.6) is 5.75 Å². The van der Waals surface area contributed by atoms with Crippen LogP contribution >= 0.6 is 0 Å². The number of benzene rings is 3. The molecule has 0 saturated carbocycles. The van der Waals surface area contributed by atoms with Crippen LogP contribution < -0.4 is 14.7 Å². The Bertz CT molecular complexity index is 1150. The average Bonchev–Trinajstić information content (AvgIpc) is 3.31. The number of anilines is 2. The molecular weight excluding hydrogens is 399 g/mol. The molecule has 2 aliphatic heterocycles. The van der Waals surface area contributed by atoms with E-state index in [4.69, 9.17) is 9.57 Å². The van der Waals surface area contributed by atoms with Crippen molar-refractivity contribution in [2.24, 2.45) is 5.92 Å². The molecule has 0 spiro atoms. The van der Waals surface area contributed by atoms with E-state index in [1.54, 1.807) is 54.6 Å². The molecule has 6 nitrogen and oxygen atoms in total. The van der Waals surface area contributed by atoms with Gasteiger partial charge >= 0.3 is 0 Å². The molecule has 0 unspecified atom stereocenters. The van der Waals surface area contributed by atoms with Gasteiger partial charge in [0.2, 0.25) is 5.91 Å². The highest BCUT2D eigenvalue weighted by Gasteiger charge is 2.60. The smallest absolute Gasteiger partial charge is 0.266 e. The molecule has 2 amide bonds. The molecule has 7 heteroatoms. The Labute approximate surface area is 178 Å². The van der Waals surface area contributed by atoms with E-state index in [0.29, 0.717) is 22.7 Å². The molecular formula is C24H19FN2O4. The lowest BCUT2D eigenvalue weighted by molar-refractivity contribution is -0.126. The molecule has 3 aromatic rings. The number of ether oxygens (including phenoxy) is 1. The van der Waals surface area contributed by atoms with Crippen LogP contribution in [0.1, 0.15) is 11.6 Å². The highest BCUT2D eigenvalue weighted by molar-refractivity contribution is 6.24. The fourth-order valence-corrected chi connectivity index (χ4v) is 4.25. The predicted octanol–water partition coefficient (Wildman–Crippen LogP) is 3.89. The van der Waals surface area contributed by atoms with Crippen molar-refractivity contribution in [1.29, 1.82) is 0 Å². The normalized spacial score (nSPS) is 22.7. The minimum Gasteiger partial charge on any atom is -0.497 e. The van der Waals surface area contributed by atoms with Gasteiger partial charge in [0, 0.05) is 11.6 Å². The first-order valence-electron chi connectivity index (χ1n) is 9.87. The number of methoxy groups -OCH3 is 1. The summed E-state index contributed by atoms with van der Waals surface area (Å²) in [5.41, 5.74) is 1.33. The first-order valence-corrected chi connectivity index (χ1v) is 9.87. The van der Waals surface area contributed by atoms with Crippen molar-refractivity contribution < 1.29 is 23.6 Å². The Kier molecular flexibility index (Phi) is 4.67. The number of halogens is 1. The summed E-state index contributed by atoms with van der Waals surface area (Å²) < 4.78 is 20.0. The van der Waals surface area contributed by atoms with Crippen molar-refractivity contribution in [1.82, 2.24) is 0 Å². The zero-order valence-corrected chi connectivity index (χ0v) is 16.6. The van der Waals surface area contributed by atoms with Gasteiger partial charge in [0.15, 0.2) is 6.10 Å². The molecule has 3 atom stereocenters. The van der Waals surface area contributed by atoms with Gasteiger partial charge < -0.3 is 4.74 Å². The summed E-state index contributed by atoms with van der Waals surface area (Å²) in [6, 6.07) is 21.2. The second kappa shape index (κ2) is 7.52. The predicted molar refractivity (Wildman–Crippen MR) is 112 cm³/mol. The van der Waals surface area contributed by atoms with Crippen LogP contribution in [0, 0.1) is 11.7 Å². The van der Waals surface area contributed by atoms with E-state index in [9.17, 15) is 14.0 Å². The van der Waals surface area contributed by atoms with E-state index in [1.807, 2.05) is 18.2 Å². The lowest BCUT2D eigenvalue weighted by Gasteiger charge is -2.29. The number of fused-ring (bicyclic) bond motifs is 1. The first-order chi connectivity index (χ1) is 15.1. The number of rotatable bonds is 4.